The number of anilines is 1. The topological polar surface area (TPSA) is 41.1 Å². The van der Waals surface area contributed by atoms with Crippen molar-refractivity contribution >= 4 is 27.5 Å². The molecule has 1 aliphatic rings. The van der Waals surface area contributed by atoms with Gasteiger partial charge in [-0.05, 0) is 36.1 Å². The smallest absolute Gasteiger partial charge is 0.241 e. The van der Waals surface area contributed by atoms with Crippen LogP contribution in [0.2, 0.25) is 0 Å². The molecule has 1 atom stereocenters. The number of rotatable bonds is 3. The van der Waals surface area contributed by atoms with Crippen LogP contribution >= 0.6 is 15.9 Å². The van der Waals surface area contributed by atoms with Crippen LogP contribution in [0.25, 0.3) is 0 Å². The van der Waals surface area contributed by atoms with Gasteiger partial charge in [-0.15, -0.1) is 0 Å². The highest BCUT2D eigenvalue weighted by Crippen LogP contribution is 2.22. The molecule has 21 heavy (non-hydrogen) atoms. The molecule has 1 aliphatic heterocycles. The van der Waals surface area contributed by atoms with Crippen LogP contribution < -0.4 is 10.6 Å². The highest BCUT2D eigenvalue weighted by molar-refractivity contribution is 9.10. The molecule has 2 aromatic rings. The predicted molar refractivity (Wildman–Crippen MR) is 88.2 cm³/mol. The van der Waals surface area contributed by atoms with Gasteiger partial charge in [0.2, 0.25) is 5.91 Å². The van der Waals surface area contributed by atoms with Gasteiger partial charge in [0, 0.05) is 16.7 Å². The Hall–Kier alpha value is -1.65. The molecule has 108 valence electrons. The molecule has 2 aromatic carbocycles. The average molecular weight is 345 g/mol. The lowest BCUT2D eigenvalue weighted by Gasteiger charge is -2.15. The van der Waals surface area contributed by atoms with Crippen LogP contribution in [0.1, 0.15) is 17.5 Å². The Morgan fingerprint density at radius 1 is 1.14 bits per heavy atom. The number of para-hydroxylation sites is 1. The molecule has 4 heteroatoms. The first-order chi connectivity index (χ1) is 10.2. The molecule has 0 aromatic heterocycles. The number of halogens is 1. The number of hydrogen-bond acceptors (Lipinski definition) is 2. The summed E-state index contributed by atoms with van der Waals surface area (Å²) in [6, 6.07) is 15.9. The monoisotopic (exact) mass is 344 g/mol. The molecule has 0 aliphatic carbocycles. The van der Waals surface area contributed by atoms with E-state index in [-0.39, 0.29) is 11.9 Å². The fraction of sp³-hybridized carbons (Fsp3) is 0.235. The molecule has 0 saturated carbocycles. The number of benzene rings is 2. The van der Waals surface area contributed by atoms with Crippen LogP contribution in [0, 0.1) is 0 Å². The first kappa shape index (κ1) is 14.3. The highest BCUT2D eigenvalue weighted by atomic mass is 79.9. The third-order valence-electron chi connectivity index (χ3n) is 3.79. The van der Waals surface area contributed by atoms with Gasteiger partial charge in [0.15, 0.2) is 0 Å². The van der Waals surface area contributed by atoms with Crippen LogP contribution in [-0.4, -0.2) is 11.9 Å². The standard InChI is InChI=1S/C17H17BrN2O/c18-14-7-3-1-6-13(14)11-19-16-10-9-12-5-2-4-8-15(12)20-17(16)21/h1-8,16,19H,9-11H2,(H,20,21). The molecule has 1 amide bonds. The number of amides is 1. The molecule has 0 saturated heterocycles. The van der Waals surface area contributed by atoms with E-state index >= 15 is 0 Å². The Kier molecular flexibility index (Phi) is 4.36. The Morgan fingerprint density at radius 2 is 1.90 bits per heavy atom. The van der Waals surface area contributed by atoms with Crippen LogP contribution in [0.3, 0.4) is 0 Å². The number of fused-ring (bicyclic) bond motifs is 1. The molecular weight excluding hydrogens is 328 g/mol. The number of carbonyl (C=O) groups excluding carboxylic acids is 1. The summed E-state index contributed by atoms with van der Waals surface area (Å²) in [5, 5.41) is 6.37. The minimum absolute atomic E-state index is 0.0482. The zero-order valence-electron chi connectivity index (χ0n) is 11.6. The lowest BCUT2D eigenvalue weighted by atomic mass is 10.1. The number of hydrogen-bond donors (Lipinski definition) is 2. The maximum atomic E-state index is 12.3. The summed E-state index contributed by atoms with van der Waals surface area (Å²) in [5.74, 6) is 0.0482. The van der Waals surface area contributed by atoms with Gasteiger partial charge in [-0.1, -0.05) is 52.3 Å². The summed E-state index contributed by atoms with van der Waals surface area (Å²) in [5.41, 5.74) is 3.30. The maximum absolute atomic E-state index is 12.3. The fourth-order valence-electron chi connectivity index (χ4n) is 2.58. The third kappa shape index (κ3) is 3.34. The van der Waals surface area contributed by atoms with Crippen LogP contribution in [-0.2, 0) is 17.8 Å². The summed E-state index contributed by atoms with van der Waals surface area (Å²) >= 11 is 3.53. The van der Waals surface area contributed by atoms with Gasteiger partial charge in [0.1, 0.15) is 0 Å². The van der Waals surface area contributed by atoms with Crippen molar-refractivity contribution in [1.82, 2.24) is 5.32 Å². The van der Waals surface area contributed by atoms with Gasteiger partial charge < -0.3 is 10.6 Å². The molecular formula is C17H17BrN2O. The molecule has 0 spiro atoms. The Morgan fingerprint density at radius 3 is 2.76 bits per heavy atom. The van der Waals surface area contributed by atoms with E-state index in [1.807, 2.05) is 36.4 Å². The van der Waals surface area contributed by atoms with Crippen LogP contribution in [0.15, 0.2) is 53.0 Å². The van der Waals surface area contributed by atoms with Gasteiger partial charge in [0.25, 0.3) is 0 Å². The number of nitrogens with one attached hydrogen (secondary N) is 2. The van der Waals surface area contributed by atoms with E-state index in [0.717, 1.165) is 28.6 Å². The van der Waals surface area contributed by atoms with Crippen molar-refractivity contribution in [2.45, 2.75) is 25.4 Å². The SMILES string of the molecule is O=C1Nc2ccccc2CCC1NCc1ccccc1Br. The molecule has 2 N–H and O–H groups in total. The summed E-state index contributed by atoms with van der Waals surface area (Å²) in [4.78, 5) is 12.3. The first-order valence-corrected chi connectivity index (χ1v) is 7.89. The van der Waals surface area contributed by atoms with E-state index in [1.54, 1.807) is 0 Å². The summed E-state index contributed by atoms with van der Waals surface area (Å²) in [7, 11) is 0. The van der Waals surface area contributed by atoms with Crippen LogP contribution in [0.5, 0.6) is 0 Å². The van der Waals surface area contributed by atoms with E-state index in [2.05, 4.69) is 38.7 Å². The van der Waals surface area contributed by atoms with Crippen molar-refractivity contribution in [3.8, 4) is 0 Å². The van der Waals surface area contributed by atoms with Gasteiger partial charge in [-0.3, -0.25) is 4.79 Å². The second-order valence-electron chi connectivity index (χ2n) is 5.21. The van der Waals surface area contributed by atoms with E-state index < -0.39 is 0 Å². The largest absolute Gasteiger partial charge is 0.324 e. The van der Waals surface area contributed by atoms with Crippen molar-refractivity contribution in [3.05, 3.63) is 64.1 Å². The molecule has 1 unspecified atom stereocenters. The van der Waals surface area contributed by atoms with E-state index in [0.29, 0.717) is 6.54 Å². The van der Waals surface area contributed by atoms with Crippen molar-refractivity contribution in [3.63, 3.8) is 0 Å². The molecule has 3 nitrogen and oxygen atoms in total. The Balaban J connectivity index is 1.68. The second-order valence-corrected chi connectivity index (χ2v) is 6.06. The average Bonchev–Trinajstić information content (AvgIpc) is 2.65. The van der Waals surface area contributed by atoms with E-state index in [1.165, 1.54) is 5.56 Å². The summed E-state index contributed by atoms with van der Waals surface area (Å²) < 4.78 is 1.06. The fourth-order valence-corrected chi connectivity index (χ4v) is 3.01. The quantitative estimate of drug-likeness (QED) is 0.894. The van der Waals surface area contributed by atoms with Gasteiger partial charge in [0.05, 0.1) is 6.04 Å². The van der Waals surface area contributed by atoms with Crippen molar-refractivity contribution in [1.29, 1.82) is 0 Å². The van der Waals surface area contributed by atoms with Crippen molar-refractivity contribution in [2.24, 2.45) is 0 Å². The highest BCUT2D eigenvalue weighted by Gasteiger charge is 2.22. The predicted octanol–water partition coefficient (Wildman–Crippen LogP) is 3.49. The Labute approximate surface area is 132 Å². The zero-order chi connectivity index (χ0) is 14.7. The van der Waals surface area contributed by atoms with E-state index in [9.17, 15) is 4.79 Å². The second kappa shape index (κ2) is 6.41. The third-order valence-corrected chi connectivity index (χ3v) is 4.56. The normalized spacial score (nSPS) is 17.8. The summed E-state index contributed by atoms with van der Waals surface area (Å²) in [6.45, 7) is 0.676. The minimum atomic E-state index is -0.162. The van der Waals surface area contributed by atoms with Crippen molar-refractivity contribution in [2.75, 3.05) is 5.32 Å². The van der Waals surface area contributed by atoms with Gasteiger partial charge in [-0.2, -0.15) is 0 Å². The van der Waals surface area contributed by atoms with Crippen LogP contribution in [0.4, 0.5) is 5.69 Å². The molecule has 0 fully saturated rings. The molecule has 0 bridgehead atoms. The lowest BCUT2D eigenvalue weighted by molar-refractivity contribution is -0.118. The first-order valence-electron chi connectivity index (χ1n) is 7.09. The molecule has 0 radical (unpaired) electrons. The minimum Gasteiger partial charge on any atom is -0.324 e. The number of aryl methyl sites for hydroxylation is 1. The molecule has 3 rings (SSSR count). The van der Waals surface area contributed by atoms with Gasteiger partial charge >= 0.3 is 0 Å². The molecule has 1 heterocycles. The van der Waals surface area contributed by atoms with Gasteiger partial charge in [-0.25, -0.2) is 0 Å². The van der Waals surface area contributed by atoms with Crippen molar-refractivity contribution < 1.29 is 4.79 Å². The summed E-state index contributed by atoms with van der Waals surface area (Å²) in [6.07, 6.45) is 1.72. The lowest BCUT2D eigenvalue weighted by Crippen LogP contribution is -2.39. The Bertz CT molecular complexity index is 657. The maximum Gasteiger partial charge on any atom is 0.241 e. The zero-order valence-corrected chi connectivity index (χ0v) is 13.2. The number of carbonyl (C=O) groups is 1. The van der Waals surface area contributed by atoms with E-state index in [4.69, 9.17) is 0 Å².